The minimum absolute atomic E-state index is 0.0806. The van der Waals surface area contributed by atoms with E-state index in [1.165, 1.54) is 16.8 Å². The van der Waals surface area contributed by atoms with Gasteiger partial charge in [-0.2, -0.15) is 0 Å². The molecule has 168 valence electrons. The summed E-state index contributed by atoms with van der Waals surface area (Å²) in [5.74, 6) is 2.15. The first-order valence-electron chi connectivity index (χ1n) is 11.2. The summed E-state index contributed by atoms with van der Waals surface area (Å²) in [4.78, 5) is 14.2. The lowest BCUT2D eigenvalue weighted by atomic mass is 9.77. The molecule has 7 nitrogen and oxygen atoms in total. The van der Waals surface area contributed by atoms with Gasteiger partial charge in [-0.05, 0) is 23.3 Å². The Hall–Kier alpha value is -4.26. The van der Waals surface area contributed by atoms with E-state index in [0.29, 0.717) is 18.1 Å². The maximum Gasteiger partial charge on any atom is 0.349 e. The fourth-order valence-corrected chi connectivity index (χ4v) is 5.30. The van der Waals surface area contributed by atoms with Crippen LogP contribution in [0.5, 0.6) is 17.2 Å². The molecular formula is C27H20N2O5. The standard InChI is InChI=1S/C27H20N2O5/c30-26-14-31-24-12-23-20(11-25(24)33-26)27(16-32-23)15-29(21-4-2-1-3-19(21)27)13-17-5-7-18(8-6-17)22-9-10-28-34-22/h1-12H,13-16H2. The van der Waals surface area contributed by atoms with Crippen molar-refractivity contribution >= 4 is 11.7 Å². The molecule has 0 saturated heterocycles. The average Bonchev–Trinajstić information content (AvgIpc) is 3.59. The Morgan fingerprint density at radius 1 is 0.912 bits per heavy atom. The van der Waals surface area contributed by atoms with Crippen molar-refractivity contribution in [2.75, 3.05) is 24.7 Å². The van der Waals surface area contributed by atoms with Crippen LogP contribution in [-0.2, 0) is 16.8 Å². The fourth-order valence-electron chi connectivity index (χ4n) is 5.30. The molecule has 3 aromatic carbocycles. The molecule has 0 fully saturated rings. The van der Waals surface area contributed by atoms with Crippen LogP contribution in [0.25, 0.3) is 11.3 Å². The molecule has 0 radical (unpaired) electrons. The van der Waals surface area contributed by atoms with Crippen LogP contribution in [0.1, 0.15) is 16.7 Å². The summed E-state index contributed by atoms with van der Waals surface area (Å²) < 4.78 is 22.5. The van der Waals surface area contributed by atoms with Crippen molar-refractivity contribution in [2.24, 2.45) is 0 Å². The number of benzene rings is 3. The van der Waals surface area contributed by atoms with Crippen LogP contribution < -0.4 is 19.1 Å². The van der Waals surface area contributed by atoms with Crippen LogP contribution in [0.2, 0.25) is 0 Å². The minimum atomic E-state index is -0.386. The molecule has 0 bridgehead atoms. The monoisotopic (exact) mass is 452 g/mol. The topological polar surface area (TPSA) is 74.0 Å². The third-order valence-corrected chi connectivity index (χ3v) is 6.88. The van der Waals surface area contributed by atoms with Gasteiger partial charge in [-0.15, -0.1) is 0 Å². The highest BCUT2D eigenvalue weighted by molar-refractivity contribution is 5.78. The second-order valence-corrected chi connectivity index (χ2v) is 8.88. The van der Waals surface area contributed by atoms with E-state index >= 15 is 0 Å². The Balaban J connectivity index is 1.24. The van der Waals surface area contributed by atoms with E-state index in [0.717, 1.165) is 35.7 Å². The molecule has 1 atom stereocenters. The first kappa shape index (κ1) is 19.2. The highest BCUT2D eigenvalue weighted by Gasteiger charge is 2.50. The summed E-state index contributed by atoms with van der Waals surface area (Å²) in [5, 5.41) is 3.79. The molecule has 0 aliphatic carbocycles. The number of anilines is 1. The zero-order valence-electron chi connectivity index (χ0n) is 18.2. The van der Waals surface area contributed by atoms with Crippen molar-refractivity contribution in [3.63, 3.8) is 0 Å². The number of carbonyl (C=O) groups is 1. The van der Waals surface area contributed by atoms with Crippen LogP contribution in [0.15, 0.2) is 77.4 Å². The van der Waals surface area contributed by atoms with Crippen molar-refractivity contribution in [1.29, 1.82) is 0 Å². The van der Waals surface area contributed by atoms with Gasteiger partial charge in [-0.1, -0.05) is 47.6 Å². The molecule has 0 amide bonds. The van der Waals surface area contributed by atoms with Crippen LogP contribution in [0.4, 0.5) is 5.69 Å². The van der Waals surface area contributed by atoms with E-state index in [4.69, 9.17) is 18.7 Å². The lowest BCUT2D eigenvalue weighted by Crippen LogP contribution is -2.36. The number of carbonyl (C=O) groups excluding carboxylic acids is 1. The number of hydrogen-bond acceptors (Lipinski definition) is 7. The van der Waals surface area contributed by atoms with Crippen molar-refractivity contribution in [3.05, 3.63) is 89.6 Å². The summed E-state index contributed by atoms with van der Waals surface area (Å²) in [6.45, 7) is 1.96. The fraction of sp³-hybridized carbons (Fsp3) is 0.185. The number of esters is 1. The van der Waals surface area contributed by atoms with Crippen LogP contribution in [0, 0.1) is 0 Å². The maximum atomic E-state index is 11.8. The van der Waals surface area contributed by atoms with Gasteiger partial charge in [0, 0.05) is 42.0 Å². The van der Waals surface area contributed by atoms with Crippen molar-refractivity contribution in [2.45, 2.75) is 12.0 Å². The number of nitrogens with zero attached hydrogens (tertiary/aromatic N) is 2. The van der Waals surface area contributed by atoms with Crippen molar-refractivity contribution in [1.82, 2.24) is 5.16 Å². The summed E-state index contributed by atoms with van der Waals surface area (Å²) >= 11 is 0. The lowest BCUT2D eigenvalue weighted by Gasteiger charge is -2.26. The Labute approximate surface area is 195 Å². The number of aromatic nitrogens is 1. The van der Waals surface area contributed by atoms with Crippen LogP contribution in [-0.4, -0.2) is 30.9 Å². The van der Waals surface area contributed by atoms with Crippen molar-refractivity contribution < 1.29 is 23.5 Å². The third-order valence-electron chi connectivity index (χ3n) is 6.88. The Kier molecular flexibility index (Phi) is 4.03. The van der Waals surface area contributed by atoms with Crippen LogP contribution >= 0.6 is 0 Å². The first-order chi connectivity index (χ1) is 16.7. The number of fused-ring (bicyclic) bond motifs is 5. The van der Waals surface area contributed by atoms with E-state index in [9.17, 15) is 4.79 Å². The lowest BCUT2D eigenvalue weighted by molar-refractivity contribution is -0.138. The molecule has 0 saturated carbocycles. The molecule has 1 unspecified atom stereocenters. The van der Waals surface area contributed by atoms with Crippen molar-refractivity contribution in [3.8, 4) is 28.6 Å². The predicted octanol–water partition coefficient (Wildman–Crippen LogP) is 4.34. The zero-order chi connectivity index (χ0) is 22.7. The summed E-state index contributed by atoms with van der Waals surface area (Å²) in [6, 6.07) is 22.4. The van der Waals surface area contributed by atoms with Gasteiger partial charge in [0.25, 0.3) is 0 Å². The largest absolute Gasteiger partial charge is 0.492 e. The first-order valence-corrected chi connectivity index (χ1v) is 11.2. The average molecular weight is 452 g/mol. The molecule has 4 aromatic rings. The number of rotatable bonds is 3. The van der Waals surface area contributed by atoms with Gasteiger partial charge in [-0.3, -0.25) is 0 Å². The van der Waals surface area contributed by atoms with Gasteiger partial charge in [0.15, 0.2) is 23.9 Å². The number of hydrogen-bond donors (Lipinski definition) is 0. The molecule has 4 heterocycles. The maximum absolute atomic E-state index is 11.8. The molecule has 34 heavy (non-hydrogen) atoms. The Morgan fingerprint density at radius 2 is 1.79 bits per heavy atom. The number of ether oxygens (including phenoxy) is 3. The van der Waals surface area contributed by atoms with E-state index < -0.39 is 0 Å². The smallest absolute Gasteiger partial charge is 0.349 e. The molecule has 1 aromatic heterocycles. The number of para-hydroxylation sites is 1. The summed E-state index contributed by atoms with van der Waals surface area (Å²) in [5.41, 5.74) is 5.28. The molecule has 0 N–H and O–H groups in total. The highest BCUT2D eigenvalue weighted by atomic mass is 16.6. The molecule has 3 aliphatic rings. The summed E-state index contributed by atoms with van der Waals surface area (Å²) in [6.07, 6.45) is 1.65. The molecular weight excluding hydrogens is 432 g/mol. The van der Waals surface area contributed by atoms with Gasteiger partial charge in [-0.25, -0.2) is 4.79 Å². The van der Waals surface area contributed by atoms with Gasteiger partial charge < -0.3 is 23.6 Å². The van der Waals surface area contributed by atoms with E-state index in [2.05, 4.69) is 58.6 Å². The molecule has 3 aliphatic heterocycles. The van der Waals surface area contributed by atoms with E-state index in [1.54, 1.807) is 6.20 Å². The second-order valence-electron chi connectivity index (χ2n) is 8.88. The molecule has 7 heteroatoms. The van der Waals surface area contributed by atoms with Gasteiger partial charge >= 0.3 is 5.97 Å². The quantitative estimate of drug-likeness (QED) is 0.338. The molecule has 7 rings (SSSR count). The van der Waals surface area contributed by atoms with Crippen LogP contribution in [0.3, 0.4) is 0 Å². The minimum Gasteiger partial charge on any atom is -0.492 e. The predicted molar refractivity (Wildman–Crippen MR) is 123 cm³/mol. The third kappa shape index (κ3) is 2.83. The van der Waals surface area contributed by atoms with Gasteiger partial charge in [0.05, 0.1) is 11.6 Å². The van der Waals surface area contributed by atoms with E-state index in [-0.39, 0.29) is 18.0 Å². The molecule has 1 spiro atoms. The second kappa shape index (κ2) is 7.12. The highest BCUT2D eigenvalue weighted by Crippen LogP contribution is 2.54. The normalized spacial score (nSPS) is 19.8. The summed E-state index contributed by atoms with van der Waals surface area (Å²) in [7, 11) is 0. The van der Waals surface area contributed by atoms with E-state index in [1.807, 2.05) is 18.2 Å². The van der Waals surface area contributed by atoms with Gasteiger partial charge in [0.1, 0.15) is 12.4 Å². The zero-order valence-corrected chi connectivity index (χ0v) is 18.2. The Bertz CT molecular complexity index is 1410. The Morgan fingerprint density at radius 3 is 2.65 bits per heavy atom. The van der Waals surface area contributed by atoms with Gasteiger partial charge in [0.2, 0.25) is 0 Å². The SMILES string of the molecule is O=C1COc2cc3c(cc2O1)C1(CO3)CN(Cc2ccc(-c3ccno3)cc2)c2ccccc21.